The summed E-state index contributed by atoms with van der Waals surface area (Å²) >= 11 is 0. The highest BCUT2D eigenvalue weighted by molar-refractivity contribution is 6.84. The first-order valence-electron chi connectivity index (χ1n) is 17.7. The van der Waals surface area contributed by atoms with E-state index >= 15 is 0 Å². The molecule has 7 heterocycles. The maximum absolute atomic E-state index is 9.71. The standard InChI is InChI=1S/C22H39N5O4Si2.C10H13N5O3/c1-13(2)32(14(3)4)28-10-18-17(30-33(31-32,15(5)6)16(7)8)9-19(29-18)27-12-26-20-21(23)24-11-25-22(20)27;11-9-8-10(13-3-12-9)15(4-14-8)7-1-5(17)6(2-16)18-7/h11-19H,9-10H2,1-8H3,(H2,23,24,25);3-7,16-17H,1-2H2,(H2,11,12,13)/t17?,18-,19-;5?,6-,7-/m00/s1. The van der Waals surface area contributed by atoms with Crippen LogP contribution in [0.1, 0.15) is 80.7 Å². The smallest absolute Gasteiger partial charge is 0.335 e. The summed E-state index contributed by atoms with van der Waals surface area (Å²) in [6.07, 6.45) is 4.91. The van der Waals surface area contributed by atoms with Crippen LogP contribution >= 0.6 is 0 Å². The average molecular weight is 745 g/mol. The molecule has 3 aliphatic heterocycles. The van der Waals surface area contributed by atoms with Gasteiger partial charge in [-0.15, -0.1) is 0 Å². The number of imidazole rings is 2. The van der Waals surface area contributed by atoms with Crippen molar-refractivity contribution < 1.29 is 32.7 Å². The molecule has 2 unspecified atom stereocenters. The molecule has 3 fully saturated rings. The fourth-order valence-corrected chi connectivity index (χ4v) is 18.7. The zero-order valence-electron chi connectivity index (χ0n) is 30.6. The van der Waals surface area contributed by atoms with Crippen molar-refractivity contribution in [3.8, 4) is 0 Å². The quantitative estimate of drug-likeness (QED) is 0.198. The highest BCUT2D eigenvalue weighted by Gasteiger charge is 2.60. The normalized spacial score (nSPS) is 27.6. The largest absolute Gasteiger partial charge is 0.414 e. The number of hydrogen-bond donors (Lipinski definition) is 4. The minimum atomic E-state index is -2.66. The second-order valence-electron chi connectivity index (χ2n) is 14.8. The average Bonchev–Trinajstić information content (AvgIpc) is 3.86. The third kappa shape index (κ3) is 6.79. The second-order valence-corrected chi connectivity index (χ2v) is 23.6. The van der Waals surface area contributed by atoms with Gasteiger partial charge in [-0.2, -0.15) is 0 Å². The SMILES string of the molecule is CC(C)[Si]1(C(C)C)OC[C@@H]2O[C@H](n3cnc4c(N)ncnc43)CC2O[Si](C(C)C)(C(C)C)O1.Nc1ncnc2c1ncn2[C@@H]1CC(O)[C@H](CO)O1. The van der Waals surface area contributed by atoms with E-state index in [4.69, 9.17) is 39.0 Å². The molecule has 0 aliphatic carbocycles. The van der Waals surface area contributed by atoms with E-state index in [1.807, 2.05) is 4.57 Å². The first-order chi connectivity index (χ1) is 24.2. The second kappa shape index (κ2) is 14.7. The van der Waals surface area contributed by atoms with E-state index in [1.165, 1.54) is 12.7 Å². The van der Waals surface area contributed by atoms with Crippen LogP contribution in [0.5, 0.6) is 0 Å². The van der Waals surface area contributed by atoms with Crippen LogP contribution in [0, 0.1) is 0 Å². The molecular formula is C32H52N10O7Si2. The number of aromatic nitrogens is 8. The molecule has 4 aromatic rings. The summed E-state index contributed by atoms with van der Waals surface area (Å²) in [5.41, 5.74) is 15.2. The Hall–Kier alpha value is -3.15. The van der Waals surface area contributed by atoms with E-state index < -0.39 is 35.6 Å². The van der Waals surface area contributed by atoms with Gasteiger partial charge in [-0.25, -0.2) is 29.9 Å². The molecule has 6 N–H and O–H groups in total. The predicted octanol–water partition coefficient (Wildman–Crippen LogP) is 3.70. The van der Waals surface area contributed by atoms with Gasteiger partial charge in [0.1, 0.15) is 48.4 Å². The van der Waals surface area contributed by atoms with Crippen molar-refractivity contribution in [1.82, 2.24) is 39.0 Å². The van der Waals surface area contributed by atoms with E-state index in [0.29, 0.717) is 64.5 Å². The Morgan fingerprint density at radius 3 is 1.71 bits per heavy atom. The van der Waals surface area contributed by atoms with E-state index in [0.717, 1.165) is 0 Å². The lowest BCUT2D eigenvalue weighted by Gasteiger charge is -2.51. The van der Waals surface area contributed by atoms with Gasteiger partial charge in [-0.05, 0) is 22.2 Å². The van der Waals surface area contributed by atoms with Crippen LogP contribution in [0.2, 0.25) is 22.2 Å². The lowest BCUT2D eigenvalue weighted by molar-refractivity contribution is -0.0544. The fourth-order valence-electron chi connectivity index (χ4n) is 7.52. The number of ether oxygens (including phenoxy) is 2. The molecule has 7 rings (SSSR count). The van der Waals surface area contributed by atoms with Crippen molar-refractivity contribution in [2.75, 3.05) is 24.7 Å². The van der Waals surface area contributed by atoms with Gasteiger partial charge in [0.2, 0.25) is 0 Å². The van der Waals surface area contributed by atoms with E-state index in [9.17, 15) is 5.11 Å². The van der Waals surface area contributed by atoms with Gasteiger partial charge in [0.15, 0.2) is 22.9 Å². The Balaban J connectivity index is 0.000000208. The maximum Gasteiger partial charge on any atom is 0.335 e. The highest BCUT2D eigenvalue weighted by atomic mass is 28.5. The molecule has 0 bridgehead atoms. The molecule has 3 aliphatic rings. The third-order valence-corrected chi connectivity index (χ3v) is 20.6. The molecule has 0 saturated carbocycles. The summed E-state index contributed by atoms with van der Waals surface area (Å²) in [5, 5.41) is 18.8. The topological polar surface area (TPSA) is 226 Å². The Kier molecular flexibility index (Phi) is 10.8. The molecule has 280 valence electrons. The number of anilines is 2. The van der Waals surface area contributed by atoms with Crippen molar-refractivity contribution in [1.29, 1.82) is 0 Å². The van der Waals surface area contributed by atoms with Gasteiger partial charge in [0.05, 0.1) is 38.1 Å². The number of hydrogen-bond acceptors (Lipinski definition) is 15. The van der Waals surface area contributed by atoms with Crippen LogP contribution in [0.15, 0.2) is 25.3 Å². The van der Waals surface area contributed by atoms with Crippen molar-refractivity contribution in [2.24, 2.45) is 0 Å². The molecule has 19 heteroatoms. The van der Waals surface area contributed by atoms with Crippen LogP contribution in [0.25, 0.3) is 22.3 Å². The summed E-state index contributed by atoms with van der Waals surface area (Å²) in [5.74, 6) is 0.669. The summed E-state index contributed by atoms with van der Waals surface area (Å²) < 4.78 is 36.9. The minimum absolute atomic E-state index is 0.116. The number of aliphatic hydroxyl groups excluding tert-OH is 2. The molecule has 3 saturated heterocycles. The number of nitrogens with two attached hydrogens (primary N) is 2. The number of fused-ring (bicyclic) bond motifs is 3. The molecule has 0 amide bonds. The number of rotatable bonds is 7. The molecule has 0 aromatic carbocycles. The minimum Gasteiger partial charge on any atom is -0.414 e. The number of nitrogens with zero attached hydrogens (tertiary/aromatic N) is 8. The molecule has 4 aromatic heterocycles. The molecule has 0 radical (unpaired) electrons. The first-order valence-corrected chi connectivity index (χ1v) is 21.6. The van der Waals surface area contributed by atoms with Gasteiger partial charge in [-0.3, -0.25) is 9.13 Å². The molecule has 17 nitrogen and oxygen atoms in total. The monoisotopic (exact) mass is 744 g/mol. The lowest BCUT2D eigenvalue weighted by Crippen LogP contribution is -2.65. The van der Waals surface area contributed by atoms with Crippen molar-refractivity contribution in [2.45, 2.75) is 127 Å². The molecule has 51 heavy (non-hydrogen) atoms. The summed E-state index contributed by atoms with van der Waals surface area (Å²) in [6.45, 7) is 18.1. The van der Waals surface area contributed by atoms with Gasteiger partial charge in [0, 0.05) is 12.8 Å². The van der Waals surface area contributed by atoms with Crippen LogP contribution < -0.4 is 11.5 Å². The van der Waals surface area contributed by atoms with E-state index in [1.54, 1.807) is 17.2 Å². The fraction of sp³-hybridized carbons (Fsp3) is 0.688. The first kappa shape index (κ1) is 37.6. The van der Waals surface area contributed by atoms with E-state index in [-0.39, 0.29) is 36.1 Å². The lowest BCUT2D eigenvalue weighted by atomic mass is 10.2. The maximum atomic E-state index is 9.71. The zero-order chi connectivity index (χ0) is 36.8. The van der Waals surface area contributed by atoms with Crippen LogP contribution in [-0.2, 0) is 22.4 Å². The Morgan fingerprint density at radius 1 is 0.725 bits per heavy atom. The van der Waals surface area contributed by atoms with Gasteiger partial charge in [0.25, 0.3) is 0 Å². The summed E-state index contributed by atoms with van der Waals surface area (Å²) in [7, 11) is -5.24. The molecular weight excluding hydrogens is 693 g/mol. The van der Waals surface area contributed by atoms with Crippen LogP contribution in [0.3, 0.4) is 0 Å². The number of aliphatic hydroxyl groups is 2. The molecule has 6 atom stereocenters. The number of nitrogen functional groups attached to an aromatic ring is 2. The Morgan fingerprint density at radius 2 is 1.24 bits per heavy atom. The highest BCUT2D eigenvalue weighted by Crippen LogP contribution is 2.48. The van der Waals surface area contributed by atoms with Crippen LogP contribution in [-0.4, -0.2) is 104 Å². The Bertz CT molecular complexity index is 1790. The molecule has 0 spiro atoms. The van der Waals surface area contributed by atoms with Crippen molar-refractivity contribution in [3.63, 3.8) is 0 Å². The van der Waals surface area contributed by atoms with E-state index in [2.05, 4.69) is 85.3 Å². The third-order valence-electron chi connectivity index (χ3n) is 10.3. The van der Waals surface area contributed by atoms with Gasteiger partial charge in [-0.1, -0.05) is 55.4 Å². The van der Waals surface area contributed by atoms with Crippen LogP contribution in [0.4, 0.5) is 11.6 Å². The van der Waals surface area contributed by atoms with Gasteiger partial charge >= 0.3 is 17.1 Å². The predicted molar refractivity (Wildman–Crippen MR) is 193 cm³/mol. The Labute approximate surface area is 299 Å². The van der Waals surface area contributed by atoms with Crippen molar-refractivity contribution >= 4 is 51.1 Å². The zero-order valence-corrected chi connectivity index (χ0v) is 32.6. The van der Waals surface area contributed by atoms with Gasteiger partial charge < -0.3 is 44.1 Å². The van der Waals surface area contributed by atoms with Crippen molar-refractivity contribution in [3.05, 3.63) is 25.3 Å². The summed E-state index contributed by atoms with van der Waals surface area (Å²) in [6, 6.07) is 0. The summed E-state index contributed by atoms with van der Waals surface area (Å²) in [4.78, 5) is 25.0.